The smallest absolute Gasteiger partial charge is 0.459 e. The SMILES string of the molecule is C=CCOC(=O)O[C@@H]1[C@@H](OC(=O)OCC=C)[C@H](Oc2ccc(COC(=O)Oc3ccc([N+](=O)[O-])cc3)cc2[N+](=O)[O-])O[C@H](C(=O)OCC=C)[C@H]1OC(=O)OCC=C. The first-order chi connectivity index (χ1) is 27.3. The molecule has 22 heteroatoms. The molecule has 1 saturated heterocycles. The fraction of sp³-hybridized carbons (Fsp3) is 0.286. The predicted octanol–water partition coefficient (Wildman–Crippen LogP) is 5.17. The maximum absolute atomic E-state index is 13.3. The van der Waals surface area contributed by atoms with Crippen molar-refractivity contribution in [1.82, 2.24) is 0 Å². The highest BCUT2D eigenvalue weighted by molar-refractivity contribution is 5.77. The van der Waals surface area contributed by atoms with Gasteiger partial charge >= 0.3 is 36.3 Å². The number of esters is 1. The van der Waals surface area contributed by atoms with Crippen molar-refractivity contribution in [2.24, 2.45) is 0 Å². The van der Waals surface area contributed by atoms with E-state index < -0.39 is 109 Å². The summed E-state index contributed by atoms with van der Waals surface area (Å²) in [5.74, 6) is -1.97. The van der Waals surface area contributed by atoms with Crippen LogP contribution in [0.5, 0.6) is 11.5 Å². The topological polar surface area (TPSA) is 273 Å². The molecule has 0 aromatic heterocycles. The summed E-state index contributed by atoms with van der Waals surface area (Å²) in [6.07, 6.45) is -11.4. The van der Waals surface area contributed by atoms with Crippen molar-refractivity contribution in [2.75, 3.05) is 26.4 Å². The second-order valence-electron chi connectivity index (χ2n) is 10.7. The number of carbonyl (C=O) groups excluding carboxylic acids is 5. The van der Waals surface area contributed by atoms with E-state index in [1.54, 1.807) is 0 Å². The minimum Gasteiger partial charge on any atom is -0.459 e. The molecule has 5 atom stereocenters. The predicted molar refractivity (Wildman–Crippen MR) is 187 cm³/mol. The van der Waals surface area contributed by atoms with Crippen LogP contribution in [0.1, 0.15) is 5.56 Å². The molecule has 0 aliphatic carbocycles. The molecule has 1 aliphatic rings. The van der Waals surface area contributed by atoms with Gasteiger partial charge in [0.05, 0.1) is 9.85 Å². The van der Waals surface area contributed by atoms with Crippen LogP contribution in [-0.4, -0.2) is 97.6 Å². The van der Waals surface area contributed by atoms with Crippen LogP contribution in [0.4, 0.5) is 30.6 Å². The Morgan fingerprint density at radius 2 is 1.18 bits per heavy atom. The van der Waals surface area contributed by atoms with E-state index in [4.69, 9.17) is 52.1 Å². The summed E-state index contributed by atoms with van der Waals surface area (Å²) in [5.41, 5.74) is -1.04. The highest BCUT2D eigenvalue weighted by Crippen LogP contribution is 2.35. The van der Waals surface area contributed by atoms with Crippen LogP contribution >= 0.6 is 0 Å². The zero-order valence-electron chi connectivity index (χ0n) is 29.7. The number of rotatable bonds is 19. The molecule has 0 unspecified atom stereocenters. The summed E-state index contributed by atoms with van der Waals surface area (Å²) in [6, 6.07) is 7.60. The number of hydrogen-bond acceptors (Lipinski definition) is 20. The molecule has 0 spiro atoms. The van der Waals surface area contributed by atoms with Gasteiger partial charge < -0.3 is 52.1 Å². The average molecular weight is 803 g/mol. The third kappa shape index (κ3) is 13.4. The van der Waals surface area contributed by atoms with Gasteiger partial charge in [0.15, 0.2) is 24.1 Å². The lowest BCUT2D eigenvalue weighted by atomic mass is 9.98. The molecule has 2 aromatic carbocycles. The van der Waals surface area contributed by atoms with Gasteiger partial charge in [-0.15, -0.1) is 0 Å². The lowest BCUT2D eigenvalue weighted by Crippen LogP contribution is -2.64. The summed E-state index contributed by atoms with van der Waals surface area (Å²) >= 11 is 0. The van der Waals surface area contributed by atoms with Gasteiger partial charge in [-0.1, -0.05) is 56.7 Å². The fourth-order valence-electron chi connectivity index (χ4n) is 4.45. The molecule has 0 bridgehead atoms. The van der Waals surface area contributed by atoms with Crippen LogP contribution in [-0.2, 0) is 54.0 Å². The van der Waals surface area contributed by atoms with E-state index in [1.165, 1.54) is 30.4 Å². The Balaban J connectivity index is 2.01. The van der Waals surface area contributed by atoms with Gasteiger partial charge in [0, 0.05) is 18.2 Å². The Morgan fingerprint density at radius 3 is 1.70 bits per heavy atom. The number of ether oxygens (including phenoxy) is 11. The van der Waals surface area contributed by atoms with Gasteiger partial charge in [0.2, 0.25) is 12.4 Å². The van der Waals surface area contributed by atoms with E-state index in [0.29, 0.717) is 0 Å². The van der Waals surface area contributed by atoms with E-state index in [9.17, 15) is 44.2 Å². The molecule has 1 fully saturated rings. The summed E-state index contributed by atoms with van der Waals surface area (Å²) in [7, 11) is 0. The Bertz CT molecular complexity index is 1830. The van der Waals surface area contributed by atoms with Gasteiger partial charge in [-0.3, -0.25) is 20.2 Å². The van der Waals surface area contributed by atoms with Crippen molar-refractivity contribution >= 4 is 42.0 Å². The second-order valence-corrected chi connectivity index (χ2v) is 10.7. The van der Waals surface area contributed by atoms with Gasteiger partial charge in [0.1, 0.15) is 38.8 Å². The second kappa shape index (κ2) is 22.0. The zero-order chi connectivity index (χ0) is 41.9. The first-order valence-corrected chi connectivity index (χ1v) is 16.1. The molecule has 3 rings (SSSR count). The Kier molecular flexibility index (Phi) is 17.0. The molecule has 1 aliphatic heterocycles. The summed E-state index contributed by atoms with van der Waals surface area (Å²) in [6.45, 7) is 11.5. The lowest BCUT2D eigenvalue weighted by Gasteiger charge is -2.42. The number of hydrogen-bond donors (Lipinski definition) is 0. The molecule has 2 aromatic rings. The van der Waals surface area contributed by atoms with Crippen molar-refractivity contribution in [2.45, 2.75) is 37.3 Å². The first-order valence-electron chi connectivity index (χ1n) is 16.1. The average Bonchev–Trinajstić information content (AvgIpc) is 3.18. The summed E-state index contributed by atoms with van der Waals surface area (Å²) in [4.78, 5) is 85.3. The summed E-state index contributed by atoms with van der Waals surface area (Å²) in [5, 5.41) is 23.1. The van der Waals surface area contributed by atoms with E-state index in [0.717, 1.165) is 36.4 Å². The van der Waals surface area contributed by atoms with Gasteiger partial charge in [0.25, 0.3) is 5.69 Å². The number of nitro benzene ring substituents is 2. The number of benzene rings is 2. The summed E-state index contributed by atoms with van der Waals surface area (Å²) < 4.78 is 57.2. The van der Waals surface area contributed by atoms with Crippen molar-refractivity contribution in [1.29, 1.82) is 0 Å². The van der Waals surface area contributed by atoms with E-state index in [2.05, 4.69) is 26.3 Å². The number of carbonyl (C=O) groups is 5. The monoisotopic (exact) mass is 802 g/mol. The van der Waals surface area contributed by atoms with Crippen molar-refractivity contribution in [3.05, 3.63) is 119 Å². The van der Waals surface area contributed by atoms with E-state index >= 15 is 0 Å². The fourth-order valence-corrected chi connectivity index (χ4v) is 4.45. The molecule has 0 N–H and O–H groups in total. The maximum Gasteiger partial charge on any atom is 0.514 e. The lowest BCUT2D eigenvalue weighted by molar-refractivity contribution is -0.387. The minimum atomic E-state index is -2.12. The Hall–Kier alpha value is -7.49. The largest absolute Gasteiger partial charge is 0.514 e. The normalized spacial score (nSPS) is 18.1. The van der Waals surface area contributed by atoms with Gasteiger partial charge in [-0.2, -0.15) is 0 Å². The van der Waals surface area contributed by atoms with Crippen LogP contribution in [0.25, 0.3) is 0 Å². The molecule has 0 amide bonds. The maximum atomic E-state index is 13.3. The van der Waals surface area contributed by atoms with Crippen LogP contribution in [0.2, 0.25) is 0 Å². The third-order valence-corrected chi connectivity index (χ3v) is 6.79. The molecule has 22 nitrogen and oxygen atoms in total. The van der Waals surface area contributed by atoms with Crippen molar-refractivity contribution < 1.29 is 85.9 Å². The standard InChI is InChI=1S/C35H34N2O20/c1-5-15-47-30(38)28-26(55-32(39)48-16-6-2)27(56-33(40)49-17-7-3)29(57-34(41)50-18-8-4)31(54-28)53-25-14-9-21(19-24(25)37(45)46)20-51-35(42)52-23-12-10-22(11-13-23)36(43)44/h5-14,19,26-29,31H,1-4,15-18,20H2/t26-,27-,28-,29+,31+/m0/s1. The van der Waals surface area contributed by atoms with Crippen LogP contribution in [0.3, 0.4) is 0 Å². The molecule has 0 radical (unpaired) electrons. The highest BCUT2D eigenvalue weighted by Gasteiger charge is 2.57. The first kappa shape index (κ1) is 43.9. The highest BCUT2D eigenvalue weighted by atomic mass is 16.8. The van der Waals surface area contributed by atoms with Crippen LogP contribution in [0.15, 0.2) is 93.1 Å². The van der Waals surface area contributed by atoms with Crippen LogP contribution in [0, 0.1) is 20.2 Å². The van der Waals surface area contributed by atoms with E-state index in [1.807, 2.05) is 0 Å². The molecular weight excluding hydrogens is 768 g/mol. The number of nitro groups is 2. The quantitative estimate of drug-likeness (QED) is 0.0442. The molecule has 0 saturated carbocycles. The Morgan fingerprint density at radius 1 is 0.649 bits per heavy atom. The minimum absolute atomic E-state index is 0.0172. The number of non-ortho nitro benzene ring substituents is 1. The molecular formula is C35H34N2O20. The van der Waals surface area contributed by atoms with Crippen molar-refractivity contribution in [3.8, 4) is 11.5 Å². The Labute approximate surface area is 321 Å². The van der Waals surface area contributed by atoms with Gasteiger partial charge in [-0.05, 0) is 23.8 Å². The van der Waals surface area contributed by atoms with Crippen LogP contribution < -0.4 is 9.47 Å². The zero-order valence-corrected chi connectivity index (χ0v) is 29.7. The van der Waals surface area contributed by atoms with Gasteiger partial charge in [-0.25, -0.2) is 24.0 Å². The van der Waals surface area contributed by atoms with Crippen molar-refractivity contribution in [3.63, 3.8) is 0 Å². The van der Waals surface area contributed by atoms with E-state index in [-0.39, 0.29) is 23.6 Å². The molecule has 1 heterocycles. The molecule has 57 heavy (non-hydrogen) atoms. The number of nitrogens with zero attached hydrogens (tertiary/aromatic N) is 2. The third-order valence-electron chi connectivity index (χ3n) is 6.79. The molecule has 304 valence electrons.